The lowest BCUT2D eigenvalue weighted by molar-refractivity contribution is -0.385. The molecule has 1 aliphatic rings. The van der Waals surface area contributed by atoms with Gasteiger partial charge in [-0.25, -0.2) is 0 Å². The first-order valence-electron chi connectivity index (χ1n) is 7.53. The molecule has 0 bridgehead atoms. The largest absolute Gasteiger partial charge is 0.487 e. The number of nitrogens with zero attached hydrogens (tertiary/aromatic N) is 1. The molecule has 0 unspecified atom stereocenters. The highest BCUT2D eigenvalue weighted by Crippen LogP contribution is 2.31. The molecule has 0 atom stereocenters. The molecule has 0 aliphatic carbocycles. The minimum absolute atomic E-state index is 0.0299. The standard InChI is InChI=1S/C17H16ClNO5/c18-14-8-13-10-22-11-24-17(13)9-12(14)4-3-7-23-16-6-2-1-5-15(16)19(20)21/h1-2,5-6,8-9H,3-4,7,10-11H2. The van der Waals surface area contributed by atoms with Crippen LogP contribution in [0.3, 0.4) is 0 Å². The Morgan fingerprint density at radius 1 is 1.29 bits per heavy atom. The SMILES string of the molecule is O=[N+]([O-])c1ccccc1OCCCc1cc2c(cc1Cl)COCO2. The second kappa shape index (κ2) is 7.51. The van der Waals surface area contributed by atoms with E-state index in [1.165, 1.54) is 6.07 Å². The lowest BCUT2D eigenvalue weighted by Gasteiger charge is -2.19. The minimum atomic E-state index is -0.449. The number of aryl methyl sites for hydroxylation is 1. The number of fused-ring (bicyclic) bond motifs is 1. The summed E-state index contributed by atoms with van der Waals surface area (Å²) in [6, 6.07) is 10.1. The van der Waals surface area contributed by atoms with Gasteiger partial charge in [-0.15, -0.1) is 0 Å². The van der Waals surface area contributed by atoms with Crippen molar-refractivity contribution < 1.29 is 19.1 Å². The molecule has 126 valence electrons. The molecular weight excluding hydrogens is 334 g/mol. The summed E-state index contributed by atoms with van der Waals surface area (Å²) in [6.45, 7) is 1.10. The summed E-state index contributed by atoms with van der Waals surface area (Å²) in [6.07, 6.45) is 1.37. The minimum Gasteiger partial charge on any atom is -0.487 e. The first-order chi connectivity index (χ1) is 11.6. The number of rotatable bonds is 6. The predicted octanol–water partition coefficient (Wildman–Crippen LogP) is 4.13. The van der Waals surface area contributed by atoms with Gasteiger partial charge >= 0.3 is 5.69 Å². The number of ether oxygens (including phenoxy) is 3. The molecule has 7 heteroatoms. The van der Waals surface area contributed by atoms with Crippen molar-refractivity contribution >= 4 is 17.3 Å². The van der Waals surface area contributed by atoms with Crippen molar-refractivity contribution in [1.29, 1.82) is 0 Å². The Morgan fingerprint density at radius 2 is 2.12 bits per heavy atom. The van der Waals surface area contributed by atoms with Gasteiger partial charge in [0.05, 0.1) is 18.1 Å². The quantitative estimate of drug-likeness (QED) is 0.445. The van der Waals surface area contributed by atoms with Gasteiger partial charge in [-0.1, -0.05) is 23.7 Å². The summed E-state index contributed by atoms with van der Waals surface area (Å²) in [4.78, 5) is 10.5. The molecule has 6 nitrogen and oxygen atoms in total. The van der Waals surface area contributed by atoms with Crippen LogP contribution in [0.15, 0.2) is 36.4 Å². The lowest BCUT2D eigenvalue weighted by Crippen LogP contribution is -2.12. The van der Waals surface area contributed by atoms with Crippen LogP contribution in [0.25, 0.3) is 0 Å². The van der Waals surface area contributed by atoms with Crippen molar-refractivity contribution in [2.75, 3.05) is 13.4 Å². The molecule has 24 heavy (non-hydrogen) atoms. The van der Waals surface area contributed by atoms with Crippen molar-refractivity contribution in [1.82, 2.24) is 0 Å². The molecule has 1 heterocycles. The predicted molar refractivity (Wildman–Crippen MR) is 88.6 cm³/mol. The van der Waals surface area contributed by atoms with Gasteiger partial charge in [-0.3, -0.25) is 10.1 Å². The zero-order chi connectivity index (χ0) is 16.9. The third kappa shape index (κ3) is 3.77. The van der Waals surface area contributed by atoms with Crippen LogP contribution in [0.1, 0.15) is 17.5 Å². The fraction of sp³-hybridized carbons (Fsp3) is 0.294. The topological polar surface area (TPSA) is 70.8 Å². The Balaban J connectivity index is 1.58. The average Bonchev–Trinajstić information content (AvgIpc) is 2.59. The van der Waals surface area contributed by atoms with E-state index >= 15 is 0 Å². The Labute approximate surface area is 144 Å². The van der Waals surface area contributed by atoms with Gasteiger partial charge in [0.2, 0.25) is 0 Å². The molecule has 2 aromatic carbocycles. The summed E-state index contributed by atoms with van der Waals surface area (Å²) in [5.74, 6) is 1.07. The number of para-hydroxylation sites is 2. The van der Waals surface area contributed by atoms with E-state index in [2.05, 4.69) is 0 Å². The molecule has 0 aromatic heterocycles. The highest BCUT2D eigenvalue weighted by Gasteiger charge is 2.15. The van der Waals surface area contributed by atoms with Gasteiger partial charge in [-0.05, 0) is 36.6 Å². The van der Waals surface area contributed by atoms with Crippen LogP contribution in [0.4, 0.5) is 5.69 Å². The number of nitro groups is 1. The highest BCUT2D eigenvalue weighted by atomic mass is 35.5. The van der Waals surface area contributed by atoms with Gasteiger partial charge < -0.3 is 14.2 Å². The zero-order valence-electron chi connectivity index (χ0n) is 12.9. The van der Waals surface area contributed by atoms with Crippen molar-refractivity contribution in [3.8, 4) is 11.5 Å². The van der Waals surface area contributed by atoms with Crippen molar-refractivity contribution in [2.24, 2.45) is 0 Å². The Hall–Kier alpha value is -2.31. The fourth-order valence-corrected chi connectivity index (χ4v) is 2.79. The van der Waals surface area contributed by atoms with Crippen LogP contribution >= 0.6 is 11.6 Å². The zero-order valence-corrected chi connectivity index (χ0v) is 13.6. The molecule has 0 N–H and O–H groups in total. The summed E-state index contributed by atoms with van der Waals surface area (Å²) < 4.78 is 16.2. The Bertz CT molecular complexity index is 750. The smallest absolute Gasteiger partial charge is 0.310 e. The van der Waals surface area contributed by atoms with Crippen LogP contribution in [0.5, 0.6) is 11.5 Å². The number of hydrogen-bond acceptors (Lipinski definition) is 5. The molecule has 2 aromatic rings. The third-order valence-corrected chi connectivity index (χ3v) is 4.05. The van der Waals surface area contributed by atoms with E-state index in [9.17, 15) is 10.1 Å². The van der Waals surface area contributed by atoms with E-state index < -0.39 is 4.92 Å². The normalized spacial score (nSPS) is 13.0. The molecule has 3 rings (SSSR count). The number of hydrogen-bond donors (Lipinski definition) is 0. The Kier molecular flexibility index (Phi) is 5.17. The number of nitro benzene ring substituents is 1. The van der Waals surface area contributed by atoms with E-state index in [1.54, 1.807) is 18.2 Å². The van der Waals surface area contributed by atoms with Crippen LogP contribution in [0, 0.1) is 10.1 Å². The van der Waals surface area contributed by atoms with E-state index in [0.717, 1.165) is 16.9 Å². The van der Waals surface area contributed by atoms with Crippen LogP contribution in [-0.4, -0.2) is 18.3 Å². The number of benzene rings is 2. The molecule has 0 fully saturated rings. The van der Waals surface area contributed by atoms with Gasteiger partial charge in [-0.2, -0.15) is 0 Å². The molecule has 0 radical (unpaired) electrons. The van der Waals surface area contributed by atoms with Crippen molar-refractivity contribution in [3.05, 3.63) is 62.7 Å². The maximum Gasteiger partial charge on any atom is 0.310 e. The molecule has 0 saturated heterocycles. The van der Waals surface area contributed by atoms with Crippen molar-refractivity contribution in [3.63, 3.8) is 0 Å². The molecule has 0 amide bonds. The Morgan fingerprint density at radius 3 is 2.96 bits per heavy atom. The second-order valence-corrected chi connectivity index (χ2v) is 5.75. The van der Waals surface area contributed by atoms with E-state index in [1.807, 2.05) is 12.1 Å². The molecule has 0 saturated carbocycles. The molecule has 1 aliphatic heterocycles. The fourth-order valence-electron chi connectivity index (χ4n) is 2.51. The van der Waals surface area contributed by atoms with Crippen molar-refractivity contribution in [2.45, 2.75) is 19.4 Å². The second-order valence-electron chi connectivity index (χ2n) is 5.34. The average molecular weight is 350 g/mol. The summed E-state index contributed by atoms with van der Waals surface area (Å²) in [7, 11) is 0. The first-order valence-corrected chi connectivity index (χ1v) is 7.91. The monoisotopic (exact) mass is 349 g/mol. The van der Waals surface area contributed by atoms with Crippen LogP contribution in [0.2, 0.25) is 5.02 Å². The van der Waals surface area contributed by atoms with E-state index in [4.69, 9.17) is 25.8 Å². The summed E-state index contributed by atoms with van der Waals surface area (Å²) in [5.41, 5.74) is 1.87. The summed E-state index contributed by atoms with van der Waals surface area (Å²) in [5, 5.41) is 11.6. The van der Waals surface area contributed by atoms with Crippen LogP contribution in [-0.2, 0) is 17.8 Å². The first kappa shape index (κ1) is 16.5. The van der Waals surface area contributed by atoms with Crippen LogP contribution < -0.4 is 9.47 Å². The van der Waals surface area contributed by atoms with Gasteiger partial charge in [0.1, 0.15) is 5.75 Å². The summed E-state index contributed by atoms with van der Waals surface area (Å²) >= 11 is 6.28. The maximum atomic E-state index is 10.9. The highest BCUT2D eigenvalue weighted by molar-refractivity contribution is 6.31. The van der Waals surface area contributed by atoms with Gasteiger partial charge in [0.25, 0.3) is 0 Å². The van der Waals surface area contributed by atoms with E-state index in [0.29, 0.717) is 31.1 Å². The van der Waals surface area contributed by atoms with E-state index in [-0.39, 0.29) is 18.2 Å². The lowest BCUT2D eigenvalue weighted by atomic mass is 10.1. The molecule has 0 spiro atoms. The van der Waals surface area contributed by atoms with Gasteiger partial charge in [0.15, 0.2) is 12.5 Å². The number of halogens is 1. The van der Waals surface area contributed by atoms with Gasteiger partial charge in [0, 0.05) is 16.7 Å². The third-order valence-electron chi connectivity index (χ3n) is 3.69. The molecular formula is C17H16ClNO5. The maximum absolute atomic E-state index is 10.9.